The Bertz CT molecular complexity index is 673. The van der Waals surface area contributed by atoms with E-state index in [1.807, 2.05) is 0 Å². The monoisotopic (exact) mass is 311 g/mol. The molecule has 21 heavy (non-hydrogen) atoms. The largest absolute Gasteiger partial charge is 0.479 e. The van der Waals surface area contributed by atoms with Crippen molar-refractivity contribution in [1.82, 2.24) is 0 Å². The van der Waals surface area contributed by atoms with Crippen molar-refractivity contribution in [2.45, 2.75) is 12.5 Å². The molecule has 0 aliphatic carbocycles. The third-order valence-electron chi connectivity index (χ3n) is 3.13. The van der Waals surface area contributed by atoms with Crippen LogP contribution in [0.5, 0.6) is 0 Å². The summed E-state index contributed by atoms with van der Waals surface area (Å²) < 4.78 is 26.7. The van der Waals surface area contributed by atoms with Gasteiger partial charge in [0.2, 0.25) is 0 Å². The maximum absolute atomic E-state index is 13.4. The molecule has 3 nitrogen and oxygen atoms in total. The first-order chi connectivity index (χ1) is 9.83. The van der Waals surface area contributed by atoms with Gasteiger partial charge in [-0.1, -0.05) is 23.7 Å². The lowest BCUT2D eigenvalue weighted by Gasteiger charge is -2.28. The first-order valence-electron chi connectivity index (χ1n) is 6.05. The SMILES string of the molecule is CC(Nc1ccccc1Cl)(C(=O)O)c1cc(F)cc(F)c1. The van der Waals surface area contributed by atoms with Gasteiger partial charge in [0.05, 0.1) is 10.7 Å². The summed E-state index contributed by atoms with van der Waals surface area (Å²) in [6, 6.07) is 9.15. The Kier molecular flexibility index (Phi) is 4.14. The molecule has 0 amide bonds. The van der Waals surface area contributed by atoms with E-state index in [2.05, 4.69) is 5.32 Å². The molecule has 0 saturated heterocycles. The zero-order chi connectivity index (χ0) is 15.6. The lowest BCUT2D eigenvalue weighted by molar-refractivity contribution is -0.142. The standard InChI is InChI=1S/C15H12ClF2NO2/c1-15(14(20)21,9-6-10(17)8-11(18)7-9)19-13-5-3-2-4-12(13)16/h2-8,19H,1H3,(H,20,21). The summed E-state index contributed by atoms with van der Waals surface area (Å²) in [5.74, 6) is -2.98. The number of hydrogen-bond acceptors (Lipinski definition) is 2. The first kappa shape index (κ1) is 15.3. The topological polar surface area (TPSA) is 49.3 Å². The van der Waals surface area contributed by atoms with Crippen LogP contribution in [0.2, 0.25) is 5.02 Å². The normalized spacial score (nSPS) is 13.5. The molecule has 0 aliphatic rings. The molecule has 0 spiro atoms. The predicted octanol–water partition coefficient (Wildman–Crippen LogP) is 4.03. The van der Waals surface area contributed by atoms with Crippen LogP contribution >= 0.6 is 11.6 Å². The van der Waals surface area contributed by atoms with Gasteiger partial charge in [-0.2, -0.15) is 0 Å². The summed E-state index contributed by atoms with van der Waals surface area (Å²) >= 11 is 5.98. The third kappa shape index (κ3) is 3.13. The average Bonchev–Trinajstić information content (AvgIpc) is 2.40. The highest BCUT2D eigenvalue weighted by molar-refractivity contribution is 6.33. The van der Waals surface area contributed by atoms with E-state index in [-0.39, 0.29) is 5.56 Å². The number of rotatable bonds is 4. The molecular weight excluding hydrogens is 300 g/mol. The summed E-state index contributed by atoms with van der Waals surface area (Å²) in [4.78, 5) is 11.6. The van der Waals surface area contributed by atoms with Gasteiger partial charge in [-0.15, -0.1) is 0 Å². The minimum atomic E-state index is -1.73. The molecular formula is C15H12ClF2NO2. The van der Waals surface area contributed by atoms with Crippen LogP contribution in [-0.2, 0) is 10.3 Å². The van der Waals surface area contributed by atoms with Crippen LogP contribution < -0.4 is 5.32 Å². The molecule has 2 aromatic carbocycles. The minimum Gasteiger partial charge on any atom is -0.479 e. The van der Waals surface area contributed by atoms with Gasteiger partial charge in [-0.05, 0) is 36.8 Å². The Balaban J connectivity index is 2.50. The van der Waals surface area contributed by atoms with Gasteiger partial charge in [0.25, 0.3) is 0 Å². The minimum absolute atomic E-state index is 0.0487. The second-order valence-corrected chi connectivity index (χ2v) is 5.10. The molecule has 0 heterocycles. The van der Waals surface area contributed by atoms with Crippen LogP contribution in [-0.4, -0.2) is 11.1 Å². The van der Waals surface area contributed by atoms with Crippen molar-refractivity contribution in [3.8, 4) is 0 Å². The van der Waals surface area contributed by atoms with E-state index in [0.717, 1.165) is 12.1 Å². The lowest BCUT2D eigenvalue weighted by atomic mass is 9.91. The first-order valence-corrected chi connectivity index (χ1v) is 6.43. The molecule has 0 saturated carbocycles. The zero-order valence-corrected chi connectivity index (χ0v) is 11.8. The number of carbonyl (C=O) groups is 1. The van der Waals surface area contributed by atoms with Crippen molar-refractivity contribution < 1.29 is 18.7 Å². The predicted molar refractivity (Wildman–Crippen MR) is 76.4 cm³/mol. The van der Waals surface area contributed by atoms with Crippen molar-refractivity contribution in [3.05, 3.63) is 64.7 Å². The van der Waals surface area contributed by atoms with Gasteiger partial charge in [-0.3, -0.25) is 0 Å². The molecule has 2 aromatic rings. The molecule has 1 unspecified atom stereocenters. The van der Waals surface area contributed by atoms with E-state index in [1.54, 1.807) is 24.3 Å². The van der Waals surface area contributed by atoms with Crippen molar-refractivity contribution in [2.75, 3.05) is 5.32 Å². The maximum atomic E-state index is 13.4. The van der Waals surface area contributed by atoms with Crippen LogP contribution in [0, 0.1) is 11.6 Å². The molecule has 0 aliphatic heterocycles. The van der Waals surface area contributed by atoms with Crippen molar-refractivity contribution in [1.29, 1.82) is 0 Å². The van der Waals surface area contributed by atoms with Crippen molar-refractivity contribution in [3.63, 3.8) is 0 Å². The van der Waals surface area contributed by atoms with Crippen LogP contribution in [0.1, 0.15) is 12.5 Å². The molecule has 0 fully saturated rings. The van der Waals surface area contributed by atoms with Crippen molar-refractivity contribution in [2.24, 2.45) is 0 Å². The maximum Gasteiger partial charge on any atom is 0.333 e. The second-order valence-electron chi connectivity index (χ2n) is 4.69. The van der Waals surface area contributed by atoms with Crippen LogP contribution in [0.15, 0.2) is 42.5 Å². The van der Waals surface area contributed by atoms with Crippen LogP contribution in [0.3, 0.4) is 0 Å². The van der Waals surface area contributed by atoms with Gasteiger partial charge < -0.3 is 10.4 Å². The van der Waals surface area contributed by atoms with E-state index in [1.165, 1.54) is 6.92 Å². The molecule has 110 valence electrons. The fourth-order valence-electron chi connectivity index (χ4n) is 1.92. The van der Waals surface area contributed by atoms with Gasteiger partial charge >= 0.3 is 5.97 Å². The third-order valence-corrected chi connectivity index (χ3v) is 3.46. The molecule has 6 heteroatoms. The van der Waals surface area contributed by atoms with Gasteiger partial charge in [-0.25, -0.2) is 13.6 Å². The van der Waals surface area contributed by atoms with E-state index < -0.39 is 23.1 Å². The molecule has 0 bridgehead atoms. The fraction of sp³-hybridized carbons (Fsp3) is 0.133. The Morgan fingerprint density at radius 1 is 1.19 bits per heavy atom. The number of anilines is 1. The van der Waals surface area contributed by atoms with Crippen LogP contribution in [0.4, 0.5) is 14.5 Å². The molecule has 0 aromatic heterocycles. The summed E-state index contributed by atoms with van der Waals surface area (Å²) in [6.45, 7) is 1.31. The lowest BCUT2D eigenvalue weighted by Crippen LogP contribution is -2.40. The van der Waals surface area contributed by atoms with E-state index >= 15 is 0 Å². The highest BCUT2D eigenvalue weighted by Gasteiger charge is 2.36. The Hall–Kier alpha value is -2.14. The molecule has 2 N–H and O–H groups in total. The summed E-state index contributed by atoms with van der Waals surface area (Å²) in [6.07, 6.45) is 0. The summed E-state index contributed by atoms with van der Waals surface area (Å²) in [7, 11) is 0. The van der Waals surface area contributed by atoms with Crippen LogP contribution in [0.25, 0.3) is 0 Å². The number of hydrogen-bond donors (Lipinski definition) is 2. The average molecular weight is 312 g/mol. The number of para-hydroxylation sites is 1. The number of halogens is 3. The Morgan fingerprint density at radius 3 is 2.29 bits per heavy atom. The van der Waals surface area contributed by atoms with E-state index in [9.17, 15) is 18.7 Å². The number of aliphatic carboxylic acids is 1. The van der Waals surface area contributed by atoms with Gasteiger partial charge in [0, 0.05) is 6.07 Å². The zero-order valence-electron chi connectivity index (χ0n) is 11.0. The number of benzene rings is 2. The van der Waals surface area contributed by atoms with Gasteiger partial charge in [0.1, 0.15) is 11.6 Å². The molecule has 0 radical (unpaired) electrons. The van der Waals surface area contributed by atoms with E-state index in [4.69, 9.17) is 11.6 Å². The number of carboxylic acid groups (broad SMARTS) is 1. The Morgan fingerprint density at radius 2 is 1.76 bits per heavy atom. The highest BCUT2D eigenvalue weighted by atomic mass is 35.5. The number of carboxylic acids is 1. The Labute approximate surface area is 125 Å². The van der Waals surface area contributed by atoms with E-state index in [0.29, 0.717) is 16.8 Å². The quantitative estimate of drug-likeness (QED) is 0.896. The van der Waals surface area contributed by atoms with Crippen molar-refractivity contribution >= 4 is 23.3 Å². The second kappa shape index (κ2) is 5.69. The fourth-order valence-corrected chi connectivity index (χ4v) is 2.11. The smallest absolute Gasteiger partial charge is 0.333 e. The summed E-state index contributed by atoms with van der Waals surface area (Å²) in [5.41, 5.74) is -1.42. The highest BCUT2D eigenvalue weighted by Crippen LogP contribution is 2.31. The summed E-state index contributed by atoms with van der Waals surface area (Å²) in [5, 5.41) is 12.5. The number of nitrogens with one attached hydrogen (secondary N) is 1. The molecule has 2 rings (SSSR count). The molecule has 1 atom stereocenters. The van der Waals surface area contributed by atoms with Gasteiger partial charge in [0.15, 0.2) is 5.54 Å².